The Bertz CT molecular complexity index is 417. The predicted molar refractivity (Wildman–Crippen MR) is 74.9 cm³/mol. The predicted octanol–water partition coefficient (Wildman–Crippen LogP) is 2.43. The van der Waals surface area contributed by atoms with Gasteiger partial charge >= 0.3 is 0 Å². The molecular formula is C15H25N3O. The highest BCUT2D eigenvalue weighted by Crippen LogP contribution is 2.26. The number of aromatic nitrogens is 1. The summed E-state index contributed by atoms with van der Waals surface area (Å²) in [5.41, 5.74) is 0. The smallest absolute Gasteiger partial charge is 0.208 e. The maximum atomic E-state index is 5.65. The quantitative estimate of drug-likeness (QED) is 0.838. The van der Waals surface area contributed by atoms with Gasteiger partial charge in [-0.05, 0) is 32.7 Å². The van der Waals surface area contributed by atoms with E-state index < -0.39 is 0 Å². The standard InChI is InChI=1S/C15H25N3O/c1-3-13-9-17-7-5-4-6-14(17)10-18(13)11-15-16-8-12(2)19-15/h8,13-14H,3-7,9-11H2,1-2H3. The first kappa shape index (κ1) is 13.1. The van der Waals surface area contributed by atoms with Gasteiger partial charge in [0.25, 0.3) is 0 Å². The first-order valence-corrected chi connectivity index (χ1v) is 7.65. The summed E-state index contributed by atoms with van der Waals surface area (Å²) in [5.74, 6) is 1.79. The number of fused-ring (bicyclic) bond motifs is 1. The molecule has 19 heavy (non-hydrogen) atoms. The van der Waals surface area contributed by atoms with Crippen molar-refractivity contribution in [3.8, 4) is 0 Å². The molecule has 4 nitrogen and oxygen atoms in total. The van der Waals surface area contributed by atoms with Gasteiger partial charge in [-0.25, -0.2) is 4.98 Å². The van der Waals surface area contributed by atoms with E-state index >= 15 is 0 Å². The molecule has 0 aromatic carbocycles. The summed E-state index contributed by atoms with van der Waals surface area (Å²) in [5, 5.41) is 0. The van der Waals surface area contributed by atoms with Crippen LogP contribution in [0.25, 0.3) is 0 Å². The molecule has 0 aliphatic carbocycles. The van der Waals surface area contributed by atoms with E-state index in [2.05, 4.69) is 21.7 Å². The summed E-state index contributed by atoms with van der Waals surface area (Å²) in [4.78, 5) is 9.65. The molecule has 2 atom stereocenters. The van der Waals surface area contributed by atoms with E-state index in [0.717, 1.165) is 24.2 Å². The summed E-state index contributed by atoms with van der Waals surface area (Å²) in [6, 6.07) is 1.41. The zero-order valence-corrected chi connectivity index (χ0v) is 12.1. The van der Waals surface area contributed by atoms with Crippen LogP contribution in [0.3, 0.4) is 0 Å². The molecule has 0 N–H and O–H groups in total. The van der Waals surface area contributed by atoms with Gasteiger partial charge in [0.1, 0.15) is 5.76 Å². The SMILES string of the molecule is CCC1CN2CCCCC2CN1Cc1ncc(C)o1. The molecule has 0 spiro atoms. The molecule has 0 bridgehead atoms. The van der Waals surface area contributed by atoms with Crippen molar-refractivity contribution in [3.63, 3.8) is 0 Å². The molecule has 0 amide bonds. The fourth-order valence-corrected chi connectivity index (χ4v) is 3.54. The van der Waals surface area contributed by atoms with Crippen molar-refractivity contribution in [3.05, 3.63) is 17.8 Å². The number of hydrogen-bond donors (Lipinski definition) is 0. The number of rotatable bonds is 3. The molecule has 2 aliphatic rings. The average molecular weight is 263 g/mol. The number of aryl methyl sites for hydroxylation is 1. The second kappa shape index (κ2) is 5.63. The minimum Gasteiger partial charge on any atom is -0.445 e. The minimum absolute atomic E-state index is 0.654. The van der Waals surface area contributed by atoms with Crippen LogP contribution >= 0.6 is 0 Å². The highest BCUT2D eigenvalue weighted by atomic mass is 16.4. The van der Waals surface area contributed by atoms with E-state index in [9.17, 15) is 0 Å². The van der Waals surface area contributed by atoms with Crippen molar-refractivity contribution in [2.75, 3.05) is 19.6 Å². The van der Waals surface area contributed by atoms with Crippen LogP contribution in [0.15, 0.2) is 10.6 Å². The van der Waals surface area contributed by atoms with Crippen LogP contribution < -0.4 is 0 Å². The largest absolute Gasteiger partial charge is 0.445 e. The first-order valence-electron chi connectivity index (χ1n) is 7.65. The van der Waals surface area contributed by atoms with E-state index in [1.165, 1.54) is 45.3 Å². The lowest BCUT2D eigenvalue weighted by Crippen LogP contribution is -2.58. The molecule has 2 saturated heterocycles. The van der Waals surface area contributed by atoms with Crippen molar-refractivity contribution >= 4 is 0 Å². The Labute approximate surface area is 115 Å². The molecule has 3 heterocycles. The molecular weight excluding hydrogens is 238 g/mol. The first-order chi connectivity index (χ1) is 9.26. The van der Waals surface area contributed by atoms with Gasteiger partial charge in [0.2, 0.25) is 5.89 Å². The maximum absolute atomic E-state index is 5.65. The Hall–Kier alpha value is -0.870. The van der Waals surface area contributed by atoms with Crippen molar-refractivity contribution in [2.45, 2.75) is 58.2 Å². The van der Waals surface area contributed by atoms with E-state index in [1.807, 2.05) is 13.1 Å². The lowest BCUT2D eigenvalue weighted by Gasteiger charge is -2.48. The van der Waals surface area contributed by atoms with Crippen molar-refractivity contribution < 1.29 is 4.42 Å². The van der Waals surface area contributed by atoms with Gasteiger partial charge in [0.15, 0.2) is 0 Å². The number of oxazole rings is 1. The molecule has 1 aromatic heterocycles. The molecule has 4 heteroatoms. The molecule has 2 aliphatic heterocycles. The molecule has 1 aromatic rings. The second-order valence-electron chi connectivity index (χ2n) is 6.00. The number of nitrogens with zero attached hydrogens (tertiary/aromatic N) is 3. The Kier molecular flexibility index (Phi) is 3.89. The molecule has 2 unspecified atom stereocenters. The van der Waals surface area contributed by atoms with Gasteiger partial charge in [-0.3, -0.25) is 9.80 Å². The third-order valence-corrected chi connectivity index (χ3v) is 4.63. The fourth-order valence-electron chi connectivity index (χ4n) is 3.54. The molecule has 0 saturated carbocycles. The van der Waals surface area contributed by atoms with Crippen molar-refractivity contribution in [1.82, 2.24) is 14.8 Å². The Morgan fingerprint density at radius 3 is 3.00 bits per heavy atom. The van der Waals surface area contributed by atoms with Crippen LogP contribution in [0.4, 0.5) is 0 Å². The summed E-state index contributed by atoms with van der Waals surface area (Å²) in [6.45, 7) is 8.83. The maximum Gasteiger partial charge on any atom is 0.208 e. The van der Waals surface area contributed by atoms with E-state index in [0.29, 0.717) is 6.04 Å². The van der Waals surface area contributed by atoms with E-state index in [4.69, 9.17) is 4.42 Å². The van der Waals surface area contributed by atoms with E-state index in [1.54, 1.807) is 0 Å². The summed E-state index contributed by atoms with van der Waals surface area (Å²) >= 11 is 0. The summed E-state index contributed by atoms with van der Waals surface area (Å²) < 4.78 is 5.65. The summed E-state index contributed by atoms with van der Waals surface area (Å²) in [6.07, 6.45) is 7.17. The van der Waals surface area contributed by atoms with Gasteiger partial charge in [0.05, 0.1) is 12.7 Å². The Morgan fingerprint density at radius 1 is 1.37 bits per heavy atom. The summed E-state index contributed by atoms with van der Waals surface area (Å²) in [7, 11) is 0. The highest BCUT2D eigenvalue weighted by molar-refractivity contribution is 4.95. The molecule has 106 valence electrons. The number of piperazine rings is 1. The topological polar surface area (TPSA) is 32.5 Å². The van der Waals surface area contributed by atoms with Crippen molar-refractivity contribution in [2.24, 2.45) is 0 Å². The minimum atomic E-state index is 0.654. The normalized spacial score (nSPS) is 29.4. The van der Waals surface area contributed by atoms with E-state index in [-0.39, 0.29) is 0 Å². The zero-order chi connectivity index (χ0) is 13.2. The lowest BCUT2D eigenvalue weighted by atomic mass is 9.96. The van der Waals surface area contributed by atoms with Crippen LogP contribution in [-0.2, 0) is 6.54 Å². The average Bonchev–Trinajstić information content (AvgIpc) is 2.83. The number of hydrogen-bond acceptors (Lipinski definition) is 4. The lowest BCUT2D eigenvalue weighted by molar-refractivity contribution is -0.000578. The van der Waals surface area contributed by atoms with Crippen LogP contribution in [0.2, 0.25) is 0 Å². The van der Waals surface area contributed by atoms with Crippen molar-refractivity contribution in [1.29, 1.82) is 0 Å². The second-order valence-corrected chi connectivity index (χ2v) is 6.00. The third-order valence-electron chi connectivity index (χ3n) is 4.63. The van der Waals surface area contributed by atoms with Gasteiger partial charge in [-0.2, -0.15) is 0 Å². The highest BCUT2D eigenvalue weighted by Gasteiger charge is 2.34. The van der Waals surface area contributed by atoms with Gasteiger partial charge < -0.3 is 4.42 Å². The Morgan fingerprint density at radius 2 is 2.26 bits per heavy atom. The monoisotopic (exact) mass is 263 g/mol. The van der Waals surface area contributed by atoms with Gasteiger partial charge in [-0.15, -0.1) is 0 Å². The van der Waals surface area contributed by atoms with Crippen LogP contribution in [0, 0.1) is 6.92 Å². The zero-order valence-electron chi connectivity index (χ0n) is 12.1. The fraction of sp³-hybridized carbons (Fsp3) is 0.800. The van der Waals surface area contributed by atoms with Crippen LogP contribution in [0.1, 0.15) is 44.3 Å². The molecule has 2 fully saturated rings. The Balaban J connectivity index is 1.68. The third kappa shape index (κ3) is 2.84. The van der Waals surface area contributed by atoms with Gasteiger partial charge in [0, 0.05) is 25.2 Å². The molecule has 3 rings (SSSR count). The van der Waals surface area contributed by atoms with Crippen LogP contribution in [0.5, 0.6) is 0 Å². The molecule has 0 radical (unpaired) electrons. The van der Waals surface area contributed by atoms with Gasteiger partial charge in [-0.1, -0.05) is 13.3 Å². The van der Waals surface area contributed by atoms with Crippen LogP contribution in [-0.4, -0.2) is 46.5 Å². The number of piperidine rings is 1.